The highest BCUT2D eigenvalue weighted by atomic mass is 16.5. The van der Waals surface area contributed by atoms with E-state index < -0.39 is 0 Å². The number of allylic oxidation sites excluding steroid dienone is 1. The van der Waals surface area contributed by atoms with Crippen molar-refractivity contribution < 1.29 is 4.74 Å². The average Bonchev–Trinajstić information content (AvgIpc) is 2.04. The number of ether oxygens (including phenoxy) is 1. The summed E-state index contributed by atoms with van der Waals surface area (Å²) in [6, 6.07) is 0. The molecule has 0 atom stereocenters. The molecule has 0 fully saturated rings. The zero-order chi connectivity index (χ0) is 7.40. The highest BCUT2D eigenvalue weighted by molar-refractivity contribution is 5.31. The van der Waals surface area contributed by atoms with Crippen LogP contribution in [0.15, 0.2) is 29.2 Å². The van der Waals surface area contributed by atoms with Gasteiger partial charge in [0.15, 0.2) is 0 Å². The lowest BCUT2D eigenvalue weighted by Gasteiger charge is -2.17. The molecular formula is C7H10N2O. The number of nitrogens with zero attached hydrogens (tertiary/aromatic N) is 1. The predicted octanol–water partition coefficient (Wildman–Crippen LogP) is 0.662. The van der Waals surface area contributed by atoms with Crippen LogP contribution >= 0.6 is 0 Å². The molecule has 0 saturated carbocycles. The van der Waals surface area contributed by atoms with Crippen molar-refractivity contribution in [2.75, 3.05) is 13.2 Å². The number of rotatable bonds is 2. The van der Waals surface area contributed by atoms with E-state index in [1.54, 1.807) is 6.08 Å². The molecule has 0 saturated heterocycles. The highest BCUT2D eigenvalue weighted by Crippen LogP contribution is 2.08. The van der Waals surface area contributed by atoms with Crippen molar-refractivity contribution >= 4 is 6.72 Å². The normalized spacial score (nSPS) is 17.2. The molecule has 0 aromatic heterocycles. The van der Waals surface area contributed by atoms with Gasteiger partial charge < -0.3 is 10.1 Å². The van der Waals surface area contributed by atoms with E-state index in [9.17, 15) is 0 Å². The summed E-state index contributed by atoms with van der Waals surface area (Å²) in [6.45, 7) is 8.41. The lowest BCUT2D eigenvalue weighted by atomic mass is 10.4. The standard InChI is InChI=1S/C7H10N2O/c1-3-6-7(8-2)10-5-4-9-6/h3,9H,1-2,4-5H2. The van der Waals surface area contributed by atoms with Gasteiger partial charge in [0.05, 0.1) is 5.70 Å². The fraction of sp³-hybridized carbons (Fsp3) is 0.286. The molecule has 3 nitrogen and oxygen atoms in total. The van der Waals surface area contributed by atoms with Gasteiger partial charge in [-0.05, 0) is 12.8 Å². The van der Waals surface area contributed by atoms with Crippen molar-refractivity contribution in [3.8, 4) is 0 Å². The molecule has 1 aliphatic rings. The van der Waals surface area contributed by atoms with Gasteiger partial charge in [0.25, 0.3) is 0 Å². The third-order valence-corrected chi connectivity index (χ3v) is 1.23. The zero-order valence-corrected chi connectivity index (χ0v) is 5.76. The Kier molecular flexibility index (Phi) is 2.10. The summed E-state index contributed by atoms with van der Waals surface area (Å²) in [5, 5.41) is 3.07. The molecule has 1 aliphatic heterocycles. The molecule has 1 rings (SSSR count). The van der Waals surface area contributed by atoms with Crippen LogP contribution < -0.4 is 5.32 Å². The van der Waals surface area contributed by atoms with Crippen molar-refractivity contribution in [1.82, 2.24) is 5.32 Å². The van der Waals surface area contributed by atoms with E-state index in [0.29, 0.717) is 12.5 Å². The molecule has 3 heteroatoms. The summed E-state index contributed by atoms with van der Waals surface area (Å²) in [5.74, 6) is 0.543. The van der Waals surface area contributed by atoms with Gasteiger partial charge in [-0.1, -0.05) is 6.58 Å². The molecule has 0 aliphatic carbocycles. The molecule has 0 spiro atoms. The summed E-state index contributed by atoms with van der Waals surface area (Å²) in [7, 11) is 0. The minimum atomic E-state index is 0.543. The van der Waals surface area contributed by atoms with Crippen molar-refractivity contribution in [1.29, 1.82) is 0 Å². The Morgan fingerprint density at radius 3 is 3.00 bits per heavy atom. The summed E-state index contributed by atoms with van der Waals surface area (Å²) in [5.41, 5.74) is 0.821. The molecule has 0 radical (unpaired) electrons. The molecule has 0 amide bonds. The zero-order valence-electron chi connectivity index (χ0n) is 5.76. The number of hydrogen-bond acceptors (Lipinski definition) is 3. The first-order chi connectivity index (χ1) is 4.88. The van der Waals surface area contributed by atoms with Crippen molar-refractivity contribution in [3.63, 3.8) is 0 Å². The van der Waals surface area contributed by atoms with E-state index in [-0.39, 0.29) is 0 Å². The van der Waals surface area contributed by atoms with Crippen LogP contribution in [0.5, 0.6) is 0 Å². The fourth-order valence-corrected chi connectivity index (χ4v) is 0.777. The highest BCUT2D eigenvalue weighted by Gasteiger charge is 2.07. The van der Waals surface area contributed by atoms with Crippen LogP contribution in [0.1, 0.15) is 0 Å². The lowest BCUT2D eigenvalue weighted by molar-refractivity contribution is 0.192. The van der Waals surface area contributed by atoms with E-state index in [1.807, 2.05) is 0 Å². The van der Waals surface area contributed by atoms with Gasteiger partial charge in [-0.25, -0.2) is 4.99 Å². The van der Waals surface area contributed by atoms with Crippen LogP contribution in [0.2, 0.25) is 0 Å². The van der Waals surface area contributed by atoms with Gasteiger partial charge >= 0.3 is 0 Å². The number of aliphatic imine (C=N–C) groups is 1. The second-order valence-electron chi connectivity index (χ2n) is 1.86. The molecule has 0 unspecified atom stereocenters. The number of hydrogen-bond donors (Lipinski definition) is 1. The Morgan fingerprint density at radius 2 is 2.50 bits per heavy atom. The van der Waals surface area contributed by atoms with Crippen molar-refractivity contribution in [2.24, 2.45) is 4.99 Å². The predicted molar refractivity (Wildman–Crippen MR) is 40.7 cm³/mol. The first-order valence-electron chi connectivity index (χ1n) is 3.08. The quantitative estimate of drug-likeness (QED) is 0.569. The third-order valence-electron chi connectivity index (χ3n) is 1.23. The van der Waals surface area contributed by atoms with Crippen LogP contribution in [0, 0.1) is 0 Å². The van der Waals surface area contributed by atoms with Gasteiger partial charge in [-0.15, -0.1) is 0 Å². The summed E-state index contributed by atoms with van der Waals surface area (Å²) < 4.78 is 5.15. The molecule has 1 heterocycles. The van der Waals surface area contributed by atoms with Gasteiger partial charge in [-0.3, -0.25) is 0 Å². The second-order valence-corrected chi connectivity index (χ2v) is 1.86. The Balaban J connectivity index is 2.81. The van der Waals surface area contributed by atoms with Gasteiger partial charge in [0.1, 0.15) is 6.61 Å². The van der Waals surface area contributed by atoms with E-state index in [2.05, 4.69) is 23.6 Å². The van der Waals surface area contributed by atoms with Crippen molar-refractivity contribution in [2.45, 2.75) is 0 Å². The van der Waals surface area contributed by atoms with E-state index >= 15 is 0 Å². The van der Waals surface area contributed by atoms with E-state index in [0.717, 1.165) is 12.2 Å². The lowest BCUT2D eigenvalue weighted by Crippen LogP contribution is -2.24. The first kappa shape index (κ1) is 6.86. The average molecular weight is 138 g/mol. The summed E-state index contributed by atoms with van der Waals surface area (Å²) in [4.78, 5) is 3.67. The van der Waals surface area contributed by atoms with E-state index in [1.165, 1.54) is 0 Å². The molecule has 54 valence electrons. The van der Waals surface area contributed by atoms with Gasteiger partial charge in [0.2, 0.25) is 5.88 Å². The Hall–Kier alpha value is -1.25. The smallest absolute Gasteiger partial charge is 0.236 e. The maximum absolute atomic E-state index is 5.15. The fourth-order valence-electron chi connectivity index (χ4n) is 0.777. The monoisotopic (exact) mass is 138 g/mol. The molecule has 0 bridgehead atoms. The number of nitrogens with one attached hydrogen (secondary N) is 1. The third kappa shape index (κ3) is 1.18. The largest absolute Gasteiger partial charge is 0.474 e. The molecule has 1 N–H and O–H groups in total. The van der Waals surface area contributed by atoms with Crippen LogP contribution in [-0.2, 0) is 4.74 Å². The Labute approximate surface area is 60.1 Å². The van der Waals surface area contributed by atoms with Crippen LogP contribution in [0.4, 0.5) is 0 Å². The maximum Gasteiger partial charge on any atom is 0.236 e. The SMILES string of the molecule is C=CC1=C(N=C)OCCN1. The maximum atomic E-state index is 5.15. The van der Waals surface area contributed by atoms with Crippen LogP contribution in [0.25, 0.3) is 0 Å². The molecule has 0 aromatic carbocycles. The molecular weight excluding hydrogens is 128 g/mol. The minimum Gasteiger partial charge on any atom is -0.474 e. The van der Waals surface area contributed by atoms with Crippen molar-refractivity contribution in [3.05, 3.63) is 24.2 Å². The van der Waals surface area contributed by atoms with Crippen LogP contribution in [0.3, 0.4) is 0 Å². The summed E-state index contributed by atoms with van der Waals surface area (Å²) >= 11 is 0. The second kappa shape index (κ2) is 3.06. The molecule has 10 heavy (non-hydrogen) atoms. The van der Waals surface area contributed by atoms with Crippen LogP contribution in [-0.4, -0.2) is 19.9 Å². The first-order valence-corrected chi connectivity index (χ1v) is 3.08. The minimum absolute atomic E-state index is 0.543. The van der Waals surface area contributed by atoms with Gasteiger partial charge in [-0.2, -0.15) is 0 Å². The summed E-state index contributed by atoms with van der Waals surface area (Å²) in [6.07, 6.45) is 1.67. The topological polar surface area (TPSA) is 33.6 Å². The van der Waals surface area contributed by atoms with E-state index in [4.69, 9.17) is 4.74 Å². The molecule has 0 aromatic rings. The Morgan fingerprint density at radius 1 is 1.70 bits per heavy atom. The Bertz CT molecular complexity index is 164. The van der Waals surface area contributed by atoms with Gasteiger partial charge in [0, 0.05) is 6.54 Å².